The summed E-state index contributed by atoms with van der Waals surface area (Å²) >= 11 is 0. The molecular formula is C27H18AuN2O-2. The van der Waals surface area contributed by atoms with E-state index in [-0.39, 0.29) is 28.1 Å². The first-order chi connectivity index (χ1) is 14.8. The van der Waals surface area contributed by atoms with Crippen molar-refractivity contribution >= 4 is 0 Å². The van der Waals surface area contributed by atoms with E-state index in [0.717, 1.165) is 28.1 Å². The van der Waals surface area contributed by atoms with E-state index in [1.807, 2.05) is 102 Å². The van der Waals surface area contributed by atoms with Crippen LogP contribution in [0.4, 0.5) is 0 Å². The third kappa shape index (κ3) is 4.25. The number of rotatable bonds is 4. The average molecular weight is 583 g/mol. The Kier molecular flexibility index (Phi) is 6.19. The van der Waals surface area contributed by atoms with Gasteiger partial charge in [-0.05, 0) is 24.3 Å². The molecule has 0 aliphatic carbocycles. The molecular weight excluding hydrogens is 565 g/mol. The molecule has 4 aromatic carbocycles. The van der Waals surface area contributed by atoms with Crippen molar-refractivity contribution in [2.75, 3.05) is 0 Å². The van der Waals surface area contributed by atoms with Crippen LogP contribution in [-0.2, 0) is 22.4 Å². The molecule has 5 aromatic rings. The fourth-order valence-electron chi connectivity index (χ4n) is 3.48. The summed E-state index contributed by atoms with van der Waals surface area (Å²) in [6.07, 6.45) is 1.99. The van der Waals surface area contributed by atoms with Crippen molar-refractivity contribution in [3.8, 4) is 45.2 Å². The van der Waals surface area contributed by atoms with Gasteiger partial charge in [0.2, 0.25) is 0 Å². The van der Waals surface area contributed by atoms with Crippen molar-refractivity contribution in [3.63, 3.8) is 0 Å². The van der Waals surface area contributed by atoms with Crippen molar-refractivity contribution in [1.82, 2.24) is 9.55 Å². The Bertz CT molecular complexity index is 1300. The summed E-state index contributed by atoms with van der Waals surface area (Å²) in [6.45, 7) is 0. The Hall–Kier alpha value is -3.37. The molecule has 0 saturated heterocycles. The van der Waals surface area contributed by atoms with Gasteiger partial charge in [0.1, 0.15) is 11.6 Å². The number of hydrogen-bond donors (Lipinski definition) is 1. The number of phenols is 1. The van der Waals surface area contributed by atoms with Crippen LogP contribution in [0, 0.1) is 12.1 Å². The van der Waals surface area contributed by atoms with Crippen LogP contribution in [0.5, 0.6) is 5.75 Å². The molecule has 0 atom stereocenters. The van der Waals surface area contributed by atoms with Crippen LogP contribution in [0.15, 0.2) is 103 Å². The second-order valence-electron chi connectivity index (χ2n) is 6.93. The fraction of sp³-hybridized carbons (Fsp3) is 0. The zero-order valence-corrected chi connectivity index (χ0v) is 18.6. The molecule has 155 valence electrons. The quantitative estimate of drug-likeness (QED) is 0.203. The molecule has 0 saturated carbocycles. The van der Waals surface area contributed by atoms with Crippen LogP contribution < -0.4 is 0 Å². The second kappa shape index (κ2) is 9.19. The van der Waals surface area contributed by atoms with Gasteiger partial charge in [-0.3, -0.25) is 4.98 Å². The summed E-state index contributed by atoms with van der Waals surface area (Å²) in [5.74, 6) is 0.878. The van der Waals surface area contributed by atoms with Gasteiger partial charge >= 0.3 is 0 Å². The van der Waals surface area contributed by atoms with E-state index in [2.05, 4.69) is 12.1 Å². The largest absolute Gasteiger partial charge is 0.507 e. The van der Waals surface area contributed by atoms with E-state index in [1.54, 1.807) is 6.07 Å². The topological polar surface area (TPSA) is 38.1 Å². The Morgan fingerprint density at radius 2 is 1.42 bits per heavy atom. The summed E-state index contributed by atoms with van der Waals surface area (Å²) in [5, 5.41) is 10.4. The first-order valence-electron chi connectivity index (χ1n) is 9.72. The Balaban J connectivity index is 0.00000231. The third-order valence-corrected chi connectivity index (χ3v) is 4.96. The van der Waals surface area contributed by atoms with Gasteiger partial charge < -0.3 is 9.67 Å². The van der Waals surface area contributed by atoms with Gasteiger partial charge in [-0.1, -0.05) is 30.3 Å². The van der Waals surface area contributed by atoms with Gasteiger partial charge in [0.05, 0.1) is 5.56 Å². The van der Waals surface area contributed by atoms with Gasteiger partial charge in [0, 0.05) is 40.0 Å². The van der Waals surface area contributed by atoms with Crippen molar-refractivity contribution in [2.24, 2.45) is 0 Å². The van der Waals surface area contributed by atoms with Crippen molar-refractivity contribution in [2.45, 2.75) is 0 Å². The number of benzene rings is 4. The van der Waals surface area contributed by atoms with E-state index < -0.39 is 0 Å². The Morgan fingerprint density at radius 3 is 2.19 bits per heavy atom. The molecule has 5 rings (SSSR count). The molecule has 1 radical (unpaired) electrons. The van der Waals surface area contributed by atoms with Crippen LogP contribution >= 0.6 is 0 Å². The van der Waals surface area contributed by atoms with Crippen LogP contribution in [-0.4, -0.2) is 14.7 Å². The monoisotopic (exact) mass is 583 g/mol. The van der Waals surface area contributed by atoms with Crippen LogP contribution in [0.2, 0.25) is 0 Å². The molecule has 0 aliphatic heterocycles. The predicted molar refractivity (Wildman–Crippen MR) is 119 cm³/mol. The Labute approximate surface area is 197 Å². The summed E-state index contributed by atoms with van der Waals surface area (Å²) < 4.78 is 2.00. The number of phenolic OH excluding ortho intramolecular Hbond substituents is 1. The zero-order valence-electron chi connectivity index (χ0n) is 16.5. The van der Waals surface area contributed by atoms with Crippen LogP contribution in [0.25, 0.3) is 39.5 Å². The molecule has 0 bridgehead atoms. The average Bonchev–Trinajstić information content (AvgIpc) is 3.26. The van der Waals surface area contributed by atoms with E-state index in [1.165, 1.54) is 0 Å². The number of imidazole rings is 1. The minimum atomic E-state index is 0. The molecule has 0 fully saturated rings. The standard InChI is InChI=1S/C27H18N2O.Au/c30-26-17-8-7-16-24(26)27-28-25(19-29(27)23-14-5-2-6-15-23)22-13-9-12-21(18-22)20-10-3-1-4-11-20;/h1-10,12-17,19,30H;/q-2;. The van der Waals surface area contributed by atoms with E-state index in [9.17, 15) is 5.11 Å². The SMILES string of the molecule is Oc1ccccc1-c1nc(-c2[c-]c(-c3[c-]cccc3)ccc2)cn1-c1ccccc1.[Au]. The summed E-state index contributed by atoms with van der Waals surface area (Å²) in [6, 6.07) is 37.9. The number of aromatic nitrogens is 2. The van der Waals surface area contributed by atoms with Gasteiger partial charge in [0.25, 0.3) is 0 Å². The summed E-state index contributed by atoms with van der Waals surface area (Å²) in [7, 11) is 0. The van der Waals surface area contributed by atoms with Gasteiger partial charge in [0.15, 0.2) is 0 Å². The summed E-state index contributed by atoms with van der Waals surface area (Å²) in [5.41, 5.74) is 5.28. The number of para-hydroxylation sites is 2. The Morgan fingerprint density at radius 1 is 0.710 bits per heavy atom. The number of hydrogen-bond acceptors (Lipinski definition) is 2. The normalized spacial score (nSPS) is 10.5. The van der Waals surface area contributed by atoms with E-state index in [4.69, 9.17) is 4.98 Å². The van der Waals surface area contributed by atoms with Gasteiger partial charge in [-0.2, -0.15) is 42.0 Å². The minimum Gasteiger partial charge on any atom is -0.507 e. The van der Waals surface area contributed by atoms with Crippen molar-refractivity contribution in [3.05, 3.63) is 115 Å². The van der Waals surface area contributed by atoms with Gasteiger partial charge in [-0.25, -0.2) is 5.56 Å². The molecule has 3 nitrogen and oxygen atoms in total. The zero-order chi connectivity index (χ0) is 20.3. The molecule has 1 aromatic heterocycles. The number of nitrogens with zero attached hydrogens (tertiary/aromatic N) is 2. The molecule has 0 aliphatic rings. The fourth-order valence-corrected chi connectivity index (χ4v) is 3.48. The molecule has 1 heterocycles. The molecule has 4 heteroatoms. The maximum atomic E-state index is 10.4. The first-order valence-corrected chi connectivity index (χ1v) is 9.72. The van der Waals surface area contributed by atoms with E-state index in [0.29, 0.717) is 11.4 Å². The number of aromatic hydroxyl groups is 1. The van der Waals surface area contributed by atoms with Crippen molar-refractivity contribution < 1.29 is 27.5 Å². The van der Waals surface area contributed by atoms with Crippen molar-refractivity contribution in [1.29, 1.82) is 0 Å². The van der Waals surface area contributed by atoms with E-state index >= 15 is 0 Å². The van der Waals surface area contributed by atoms with Crippen LogP contribution in [0.3, 0.4) is 0 Å². The maximum Gasteiger partial charge on any atom is 0.140 e. The molecule has 0 unspecified atom stereocenters. The second-order valence-corrected chi connectivity index (χ2v) is 6.93. The third-order valence-electron chi connectivity index (χ3n) is 4.96. The maximum absolute atomic E-state index is 10.4. The first kappa shape index (κ1) is 20.9. The smallest absolute Gasteiger partial charge is 0.140 e. The predicted octanol–water partition coefficient (Wildman–Crippen LogP) is 6.18. The molecule has 0 amide bonds. The minimum absolute atomic E-state index is 0. The summed E-state index contributed by atoms with van der Waals surface area (Å²) in [4.78, 5) is 4.88. The molecule has 31 heavy (non-hydrogen) atoms. The van der Waals surface area contributed by atoms with Gasteiger partial charge in [-0.15, -0.1) is 23.8 Å². The molecule has 0 spiro atoms. The molecule has 1 N–H and O–H groups in total. The van der Waals surface area contributed by atoms with Crippen LogP contribution in [0.1, 0.15) is 0 Å².